The Kier molecular flexibility index (Phi) is 15.2. The first-order chi connectivity index (χ1) is 16.2. The fraction of sp³-hybridized carbons (Fsp3) is 0.269. The van der Waals surface area contributed by atoms with Crippen molar-refractivity contribution in [1.29, 1.82) is 0 Å². The van der Waals surface area contributed by atoms with E-state index in [2.05, 4.69) is 29.9 Å². The molecule has 3 heterocycles. The molecule has 0 amide bonds. The van der Waals surface area contributed by atoms with Gasteiger partial charge in [-0.1, -0.05) is 67.2 Å². The van der Waals surface area contributed by atoms with Crippen molar-refractivity contribution in [3.05, 3.63) is 73.6 Å². The zero-order chi connectivity index (χ0) is 23.9. The van der Waals surface area contributed by atoms with Crippen molar-refractivity contribution in [2.45, 2.75) is 32.6 Å². The number of hydrogen-bond acceptors (Lipinski definition) is 3. The summed E-state index contributed by atoms with van der Waals surface area (Å²) < 4.78 is 8.33. The van der Waals surface area contributed by atoms with Gasteiger partial charge in [-0.05, 0) is 37.1 Å². The summed E-state index contributed by atoms with van der Waals surface area (Å²) in [6.07, 6.45) is 13.4. The minimum atomic E-state index is 0. The van der Waals surface area contributed by atoms with Crippen LogP contribution in [0.2, 0.25) is 0 Å². The number of aromatic nitrogens is 4. The first-order valence-corrected chi connectivity index (χ1v) is 11.6. The van der Waals surface area contributed by atoms with Crippen molar-refractivity contribution < 1.29 is 23.6 Å². The van der Waals surface area contributed by atoms with Gasteiger partial charge in [-0.3, -0.25) is 9.13 Å². The van der Waals surface area contributed by atoms with E-state index in [1.54, 1.807) is 21.8 Å². The van der Waals surface area contributed by atoms with Gasteiger partial charge in [-0.25, -0.2) is 9.97 Å². The monoisotopic (exact) mass is 490 g/mol. The molecule has 0 bridgehead atoms. The van der Waals surface area contributed by atoms with E-state index >= 15 is 0 Å². The third-order valence-electron chi connectivity index (χ3n) is 4.55. The summed E-state index contributed by atoms with van der Waals surface area (Å²) in [7, 11) is 0. The van der Waals surface area contributed by atoms with Gasteiger partial charge in [0.1, 0.15) is 17.8 Å². The van der Waals surface area contributed by atoms with Gasteiger partial charge in [-0.2, -0.15) is 6.42 Å². The number of halogens is 2. The molecule has 1 aliphatic rings. The number of fused-ring (bicyclic) bond motifs is 2. The molecule has 0 saturated carbocycles. The molecule has 0 atom stereocenters. The van der Waals surface area contributed by atoms with E-state index in [-0.39, 0.29) is 18.9 Å². The van der Waals surface area contributed by atoms with Crippen LogP contribution in [0.15, 0.2) is 66.7 Å². The number of unbranched alkanes of at least 4 members (excludes halogenated alkanes) is 1. The van der Waals surface area contributed by atoms with Crippen molar-refractivity contribution >= 4 is 50.4 Å². The van der Waals surface area contributed by atoms with Crippen LogP contribution in [0, 0.1) is 19.4 Å². The first kappa shape index (κ1) is 29.8. The van der Waals surface area contributed by atoms with Crippen molar-refractivity contribution in [3.63, 3.8) is 0 Å². The maximum atomic E-state index is 5.86. The van der Waals surface area contributed by atoms with Crippen LogP contribution >= 0.6 is 23.2 Å². The fourth-order valence-electron chi connectivity index (χ4n) is 2.75. The Hall–Kier alpha value is -2.18. The molecule has 5 rings (SSSR count). The van der Waals surface area contributed by atoms with Crippen LogP contribution in [0.1, 0.15) is 32.6 Å². The largest absolute Gasteiger partial charge is 1.00 e. The number of terminal acetylenes is 1. The molecule has 174 valence electrons. The average molecular weight is 491 g/mol. The summed E-state index contributed by atoms with van der Waals surface area (Å²) in [5, 5.41) is 0.440. The summed E-state index contributed by atoms with van der Waals surface area (Å²) in [6.45, 7) is 7.72. The molecule has 0 aliphatic carbocycles. The molecule has 5 nitrogen and oxygen atoms in total. The van der Waals surface area contributed by atoms with Crippen LogP contribution < -0.4 is 18.9 Å². The molecule has 1 fully saturated rings. The van der Waals surface area contributed by atoms with Crippen molar-refractivity contribution in [1.82, 2.24) is 19.1 Å². The maximum Gasteiger partial charge on any atom is 1.00 e. The normalized spacial score (nSPS) is 12.3. The van der Waals surface area contributed by atoms with Crippen molar-refractivity contribution in [2.75, 3.05) is 13.2 Å². The Balaban J connectivity index is 0.000000248. The Morgan fingerprint density at radius 1 is 1.06 bits per heavy atom. The van der Waals surface area contributed by atoms with E-state index in [1.165, 1.54) is 24.8 Å². The number of nitrogens with zero attached hydrogens (tertiary/aromatic N) is 4. The van der Waals surface area contributed by atoms with E-state index in [4.69, 9.17) is 34.4 Å². The Bertz CT molecular complexity index is 1170. The molecular formula is C26H29Cl2LiN4O. The summed E-state index contributed by atoms with van der Waals surface area (Å²) in [6, 6.07) is 18.0. The average Bonchev–Trinajstić information content (AvgIpc) is 3.65. The number of rotatable bonds is 2. The second-order valence-corrected chi connectivity index (χ2v) is 7.55. The van der Waals surface area contributed by atoms with Gasteiger partial charge in [0.15, 0.2) is 0 Å². The van der Waals surface area contributed by atoms with Gasteiger partial charge in [0, 0.05) is 24.8 Å². The first-order valence-electron chi connectivity index (χ1n) is 10.8. The predicted molar refractivity (Wildman–Crippen MR) is 140 cm³/mol. The van der Waals surface area contributed by atoms with Crippen LogP contribution in [-0.4, -0.2) is 32.3 Å². The number of imidazole rings is 2. The van der Waals surface area contributed by atoms with Crippen molar-refractivity contribution in [2.24, 2.45) is 0 Å². The van der Waals surface area contributed by atoms with Crippen LogP contribution in [-0.2, 0) is 4.74 Å². The Morgan fingerprint density at radius 3 is 2.09 bits per heavy atom. The number of ether oxygens (including phenoxy) is 1. The SMILES string of the molecule is C#Cn1cnc2ccccc21.C1CCOC1.Cl/C=C(\Cl)n1cnc2ccccc21.[CH2-]CCC.[Li+]. The molecule has 4 aromatic rings. The second kappa shape index (κ2) is 17.3. The zero-order valence-electron chi connectivity index (χ0n) is 19.8. The second-order valence-electron chi connectivity index (χ2n) is 6.94. The van der Waals surface area contributed by atoms with Gasteiger partial charge in [0.25, 0.3) is 0 Å². The summed E-state index contributed by atoms with van der Waals surface area (Å²) >= 11 is 11.4. The van der Waals surface area contributed by atoms with Crippen LogP contribution in [0.5, 0.6) is 0 Å². The topological polar surface area (TPSA) is 44.9 Å². The molecule has 8 heteroatoms. The molecule has 0 spiro atoms. The Morgan fingerprint density at radius 2 is 1.59 bits per heavy atom. The van der Waals surface area contributed by atoms with E-state index < -0.39 is 0 Å². The molecule has 1 aliphatic heterocycles. The summed E-state index contributed by atoms with van der Waals surface area (Å²) in [5.74, 6) is 0. The molecule has 2 aromatic carbocycles. The standard InChI is InChI=1S/C9H6Cl2N2.C9H6N2.C4H8O.C4H9.Li/c10-5-9(11)13-6-12-7-3-1-2-4-8(7)13;1-2-11-7-10-8-5-3-4-6-9(8)11;1-2-4-5-3-1;1-3-4-2;/h1-6H;1,3-7H;1-4H2;1,3-4H2,2H3;/q;;;-1;+1/b9-5+;;;;. The maximum absolute atomic E-state index is 5.86. The molecule has 0 unspecified atom stereocenters. The molecular weight excluding hydrogens is 462 g/mol. The molecule has 1 saturated heterocycles. The van der Waals surface area contributed by atoms with E-state index in [0.717, 1.165) is 41.7 Å². The molecule has 2 aromatic heterocycles. The molecule has 0 radical (unpaired) electrons. The Labute approximate surface area is 224 Å². The molecule has 0 N–H and O–H groups in total. The van der Waals surface area contributed by atoms with Gasteiger partial charge in [0.05, 0.1) is 22.1 Å². The van der Waals surface area contributed by atoms with E-state index in [9.17, 15) is 0 Å². The third-order valence-corrected chi connectivity index (χ3v) is 5.16. The minimum Gasteiger partial charge on any atom is -0.381 e. The van der Waals surface area contributed by atoms with Crippen molar-refractivity contribution in [3.8, 4) is 12.5 Å². The summed E-state index contributed by atoms with van der Waals surface area (Å²) in [5.41, 5.74) is 5.08. The van der Waals surface area contributed by atoms with Gasteiger partial charge < -0.3 is 11.7 Å². The zero-order valence-corrected chi connectivity index (χ0v) is 21.3. The minimum absolute atomic E-state index is 0. The van der Waals surface area contributed by atoms with Crippen LogP contribution in [0.4, 0.5) is 0 Å². The number of hydrogen-bond donors (Lipinski definition) is 0. The quantitative estimate of drug-likeness (QED) is 0.240. The summed E-state index contributed by atoms with van der Waals surface area (Å²) in [4.78, 5) is 8.28. The number of benzene rings is 2. The fourth-order valence-corrected chi connectivity index (χ4v) is 2.99. The van der Waals surface area contributed by atoms with Crippen LogP contribution in [0.25, 0.3) is 27.2 Å². The molecule has 34 heavy (non-hydrogen) atoms. The third kappa shape index (κ3) is 9.22. The van der Waals surface area contributed by atoms with E-state index in [0.29, 0.717) is 5.16 Å². The van der Waals surface area contributed by atoms with Crippen LogP contribution in [0.3, 0.4) is 0 Å². The predicted octanol–water partition coefficient (Wildman–Crippen LogP) is 4.17. The smallest absolute Gasteiger partial charge is 0.381 e. The van der Waals surface area contributed by atoms with Gasteiger partial charge in [-0.15, -0.1) is 0 Å². The van der Waals surface area contributed by atoms with Gasteiger partial charge in [0.2, 0.25) is 0 Å². The van der Waals surface area contributed by atoms with Gasteiger partial charge >= 0.3 is 18.9 Å². The van der Waals surface area contributed by atoms with E-state index in [1.807, 2.05) is 48.5 Å². The number of para-hydroxylation sites is 4.